The number of benzene rings is 1. The van der Waals surface area contributed by atoms with Crippen LogP contribution in [0.2, 0.25) is 5.15 Å². The fraction of sp³-hybridized carbons (Fsp3) is 0.421. The van der Waals surface area contributed by atoms with E-state index >= 15 is 0 Å². The summed E-state index contributed by atoms with van der Waals surface area (Å²) >= 11 is 4.87. The van der Waals surface area contributed by atoms with Crippen molar-refractivity contribution in [2.24, 2.45) is 0 Å². The topological polar surface area (TPSA) is 68.2 Å². The van der Waals surface area contributed by atoms with Crippen molar-refractivity contribution < 1.29 is 14.0 Å². The molecule has 1 aromatic heterocycles. The van der Waals surface area contributed by atoms with Gasteiger partial charge in [0, 0.05) is 23.5 Å². The summed E-state index contributed by atoms with van der Waals surface area (Å²) < 4.78 is 28.5. The molecule has 2 atom stereocenters. The number of aromatic nitrogens is 1. The summed E-state index contributed by atoms with van der Waals surface area (Å²) in [7, 11) is 0. The Kier molecular flexibility index (Phi) is 6.69. The first-order chi connectivity index (χ1) is 12.0. The minimum Gasteiger partial charge on any atom is -0.598 e. The highest BCUT2D eigenvalue weighted by Gasteiger charge is 2.37. The van der Waals surface area contributed by atoms with E-state index in [2.05, 4.69) is 9.71 Å². The summed E-state index contributed by atoms with van der Waals surface area (Å²) in [5.74, 6) is -0.330. The minimum atomic E-state index is -1.34. The Morgan fingerprint density at radius 3 is 2.35 bits per heavy atom. The number of nitrogens with zero attached hydrogens (tertiary/aromatic N) is 1. The second-order valence-corrected chi connectivity index (χ2v) is 9.71. The van der Waals surface area contributed by atoms with E-state index in [0.29, 0.717) is 12.1 Å². The molecule has 0 radical (unpaired) electrons. The molecule has 7 heteroatoms. The van der Waals surface area contributed by atoms with E-state index in [1.54, 1.807) is 18.2 Å². The van der Waals surface area contributed by atoms with Gasteiger partial charge in [0.2, 0.25) is 0 Å². The second-order valence-electron chi connectivity index (χ2n) is 7.36. The van der Waals surface area contributed by atoms with Crippen LogP contribution in [0.5, 0.6) is 0 Å². The number of aliphatic hydroxyl groups is 1. The van der Waals surface area contributed by atoms with Gasteiger partial charge in [-0.15, -0.1) is 4.72 Å². The Balaban J connectivity index is 2.46. The number of nitrogens with one attached hydrogen (secondary N) is 1. The molecule has 2 N–H and O–H groups in total. The van der Waals surface area contributed by atoms with Gasteiger partial charge in [-0.05, 0) is 76.1 Å². The van der Waals surface area contributed by atoms with E-state index < -0.39 is 21.6 Å². The van der Waals surface area contributed by atoms with E-state index in [9.17, 15) is 14.0 Å². The number of halogens is 2. The first-order valence-corrected chi connectivity index (χ1v) is 9.82. The third-order valence-electron chi connectivity index (χ3n) is 4.06. The van der Waals surface area contributed by atoms with Crippen molar-refractivity contribution in [3.05, 3.63) is 52.9 Å². The van der Waals surface area contributed by atoms with E-state index in [1.165, 1.54) is 12.1 Å². The summed E-state index contributed by atoms with van der Waals surface area (Å²) in [6, 6.07) is 9.48. The number of pyridine rings is 1. The molecular weight excluding hydrogens is 375 g/mol. The summed E-state index contributed by atoms with van der Waals surface area (Å²) in [6.07, 6.45) is 0.345. The van der Waals surface area contributed by atoms with Crippen LogP contribution in [0, 0.1) is 5.82 Å². The lowest BCUT2D eigenvalue weighted by atomic mass is 9.89. The zero-order valence-electron chi connectivity index (χ0n) is 15.3. The van der Waals surface area contributed by atoms with Gasteiger partial charge in [0.15, 0.2) is 0 Å². The maximum atomic E-state index is 13.2. The second kappa shape index (κ2) is 8.23. The lowest BCUT2D eigenvalue weighted by molar-refractivity contribution is 0.237. The number of hydrogen-bond donors (Lipinski definition) is 2. The zero-order valence-corrected chi connectivity index (χ0v) is 16.9. The molecule has 0 spiro atoms. The van der Waals surface area contributed by atoms with E-state index in [0.717, 1.165) is 11.1 Å². The minimum absolute atomic E-state index is 0.0866. The number of rotatable bonds is 6. The fourth-order valence-corrected chi connectivity index (χ4v) is 3.56. The molecular formula is C19H24ClFN2O2S. The van der Waals surface area contributed by atoms with Crippen LogP contribution in [0.15, 0.2) is 36.4 Å². The average molecular weight is 399 g/mol. The SMILES string of the molecule is CC(CCO)(N[S@@+]([O-])C(C)(C)C)c1cc(Cl)nc(-c2ccc(F)cc2)c1. The predicted octanol–water partition coefficient (Wildman–Crippen LogP) is 4.19. The Labute approximate surface area is 162 Å². The summed E-state index contributed by atoms with van der Waals surface area (Å²) in [4.78, 5) is 4.31. The van der Waals surface area contributed by atoms with Gasteiger partial charge < -0.3 is 9.66 Å². The highest BCUT2D eigenvalue weighted by molar-refractivity contribution is 7.90. The normalized spacial score (nSPS) is 15.5. The van der Waals surface area contributed by atoms with Crippen molar-refractivity contribution in [1.82, 2.24) is 9.71 Å². The van der Waals surface area contributed by atoms with Gasteiger partial charge in [0.05, 0.1) is 11.2 Å². The van der Waals surface area contributed by atoms with Crippen molar-refractivity contribution in [3.63, 3.8) is 0 Å². The summed E-state index contributed by atoms with van der Waals surface area (Å²) in [5.41, 5.74) is 1.29. The monoisotopic (exact) mass is 398 g/mol. The molecule has 0 fully saturated rings. The van der Waals surface area contributed by atoms with Gasteiger partial charge in [-0.3, -0.25) is 0 Å². The van der Waals surface area contributed by atoms with Gasteiger partial charge >= 0.3 is 0 Å². The predicted molar refractivity (Wildman–Crippen MR) is 105 cm³/mol. The van der Waals surface area contributed by atoms with Crippen LogP contribution in [0.1, 0.15) is 39.7 Å². The Morgan fingerprint density at radius 2 is 1.81 bits per heavy atom. The molecule has 2 rings (SSSR count). The first-order valence-electron chi connectivity index (χ1n) is 8.30. The van der Waals surface area contributed by atoms with Gasteiger partial charge in [-0.25, -0.2) is 9.37 Å². The maximum absolute atomic E-state index is 13.2. The van der Waals surface area contributed by atoms with E-state index in [-0.39, 0.29) is 17.6 Å². The lowest BCUT2D eigenvalue weighted by Gasteiger charge is -2.35. The van der Waals surface area contributed by atoms with Crippen LogP contribution >= 0.6 is 11.6 Å². The fourth-order valence-electron chi connectivity index (χ4n) is 2.42. The van der Waals surface area contributed by atoms with Crippen molar-refractivity contribution in [2.45, 2.75) is 44.4 Å². The molecule has 142 valence electrons. The molecule has 0 bridgehead atoms. The standard InChI is InChI=1S/C19H24ClFN2O2S/c1-18(2,3)26(25)23-19(4,9-10-24)14-11-16(22-17(20)12-14)13-5-7-15(21)8-6-13/h5-8,11-12,23-24H,9-10H2,1-4H3/t19?,26-/m0/s1. The molecule has 1 aromatic carbocycles. The molecule has 4 nitrogen and oxygen atoms in total. The summed E-state index contributed by atoms with van der Waals surface area (Å²) in [5, 5.41) is 9.81. The van der Waals surface area contributed by atoms with Crippen molar-refractivity contribution >= 4 is 23.0 Å². The van der Waals surface area contributed by atoms with Crippen LogP contribution in [0.25, 0.3) is 11.3 Å². The largest absolute Gasteiger partial charge is 0.598 e. The van der Waals surface area contributed by atoms with E-state index in [4.69, 9.17) is 11.6 Å². The molecule has 1 heterocycles. The number of hydrogen-bond acceptors (Lipinski definition) is 4. The van der Waals surface area contributed by atoms with Crippen molar-refractivity contribution in [1.29, 1.82) is 0 Å². The van der Waals surface area contributed by atoms with Crippen LogP contribution in [-0.4, -0.2) is 26.0 Å². The molecule has 0 saturated heterocycles. The van der Waals surface area contributed by atoms with Gasteiger partial charge in [0.1, 0.15) is 15.7 Å². The summed E-state index contributed by atoms with van der Waals surface area (Å²) in [6.45, 7) is 7.40. The molecule has 0 aliphatic heterocycles. The third kappa shape index (κ3) is 5.18. The third-order valence-corrected chi connectivity index (χ3v) is 6.00. The Bertz CT molecular complexity index is 752. The molecule has 0 aliphatic rings. The van der Waals surface area contributed by atoms with Gasteiger partial charge in [-0.2, -0.15) is 0 Å². The maximum Gasteiger partial charge on any atom is 0.136 e. The smallest absolute Gasteiger partial charge is 0.136 e. The quantitative estimate of drug-likeness (QED) is 0.565. The molecule has 26 heavy (non-hydrogen) atoms. The first kappa shape index (κ1) is 21.1. The molecule has 2 aromatic rings. The Morgan fingerprint density at radius 1 is 1.19 bits per heavy atom. The number of aliphatic hydroxyl groups excluding tert-OH is 1. The van der Waals surface area contributed by atoms with Crippen LogP contribution < -0.4 is 4.72 Å². The van der Waals surface area contributed by atoms with Crippen LogP contribution in [-0.2, 0) is 16.9 Å². The highest BCUT2D eigenvalue weighted by atomic mass is 35.5. The molecule has 1 unspecified atom stereocenters. The Hall–Kier alpha value is -1.18. The van der Waals surface area contributed by atoms with Crippen LogP contribution in [0.3, 0.4) is 0 Å². The molecule has 0 amide bonds. The average Bonchev–Trinajstić information content (AvgIpc) is 2.54. The zero-order chi connectivity index (χ0) is 19.5. The van der Waals surface area contributed by atoms with Crippen molar-refractivity contribution in [2.75, 3.05) is 6.61 Å². The van der Waals surface area contributed by atoms with Crippen LogP contribution in [0.4, 0.5) is 4.39 Å². The molecule has 0 aliphatic carbocycles. The lowest BCUT2D eigenvalue weighted by Crippen LogP contribution is -2.50. The highest BCUT2D eigenvalue weighted by Crippen LogP contribution is 2.32. The van der Waals surface area contributed by atoms with E-state index in [1.807, 2.05) is 33.8 Å². The molecule has 0 saturated carbocycles. The van der Waals surface area contributed by atoms with Crippen molar-refractivity contribution in [3.8, 4) is 11.3 Å². The van der Waals surface area contributed by atoms with Gasteiger partial charge in [-0.1, -0.05) is 11.6 Å². The van der Waals surface area contributed by atoms with Gasteiger partial charge in [0.25, 0.3) is 0 Å².